The first-order valence-electron chi connectivity index (χ1n) is 6.00. The van der Waals surface area contributed by atoms with Crippen molar-refractivity contribution in [1.82, 2.24) is 0 Å². The monoisotopic (exact) mass is 277 g/mol. The Morgan fingerprint density at radius 1 is 1.20 bits per heavy atom. The number of hydrogen-bond acceptors (Lipinski definition) is 2. The lowest BCUT2D eigenvalue weighted by atomic mass is 10.1. The minimum Gasteiger partial charge on any atom is -0.508 e. The molecule has 0 spiro atoms. The van der Waals surface area contributed by atoms with Crippen molar-refractivity contribution in [2.45, 2.75) is 13.3 Å². The smallest absolute Gasteiger partial charge is 0.229 e. The van der Waals surface area contributed by atoms with Gasteiger partial charge in [0.25, 0.3) is 0 Å². The zero-order valence-electron chi connectivity index (χ0n) is 10.8. The first-order chi connectivity index (χ1) is 9.49. The number of carbonyl (C=O) groups excluding carboxylic acids is 1. The van der Waals surface area contributed by atoms with Gasteiger partial charge in [-0.15, -0.1) is 0 Å². The van der Waals surface area contributed by atoms with Gasteiger partial charge in [-0.3, -0.25) is 4.79 Å². The Balaban J connectivity index is 2.17. The molecule has 0 radical (unpaired) electrons. The molecule has 0 aliphatic heterocycles. The maximum absolute atomic E-state index is 13.7. The molecule has 0 aliphatic rings. The number of carbonyl (C=O) groups is 1. The Morgan fingerprint density at radius 3 is 2.60 bits per heavy atom. The predicted octanol–water partition coefficient (Wildman–Crippen LogP) is 3.16. The molecule has 0 bridgehead atoms. The van der Waals surface area contributed by atoms with Crippen molar-refractivity contribution in [3.05, 3.63) is 59.2 Å². The molecule has 1 amide bonds. The molecule has 104 valence electrons. The maximum Gasteiger partial charge on any atom is 0.229 e. The zero-order chi connectivity index (χ0) is 14.7. The number of halogens is 2. The number of phenolic OH excluding ortho intramolecular Hbond substituents is 1. The minimum absolute atomic E-state index is 0.0344. The van der Waals surface area contributed by atoms with Gasteiger partial charge in [-0.2, -0.15) is 0 Å². The molecule has 0 atom stereocenters. The highest BCUT2D eigenvalue weighted by molar-refractivity contribution is 5.93. The first kappa shape index (κ1) is 14.0. The van der Waals surface area contributed by atoms with Crippen LogP contribution in [0.1, 0.15) is 11.1 Å². The van der Waals surface area contributed by atoms with E-state index in [1.807, 2.05) is 0 Å². The van der Waals surface area contributed by atoms with Crippen LogP contribution in [-0.4, -0.2) is 11.0 Å². The van der Waals surface area contributed by atoms with Crippen molar-refractivity contribution in [1.29, 1.82) is 0 Å². The van der Waals surface area contributed by atoms with Crippen LogP contribution in [0.4, 0.5) is 14.5 Å². The average molecular weight is 277 g/mol. The lowest BCUT2D eigenvalue weighted by molar-refractivity contribution is -0.115. The number of anilines is 1. The first-order valence-corrected chi connectivity index (χ1v) is 6.00. The van der Waals surface area contributed by atoms with Crippen molar-refractivity contribution in [3.63, 3.8) is 0 Å². The van der Waals surface area contributed by atoms with E-state index in [0.29, 0.717) is 5.56 Å². The van der Waals surface area contributed by atoms with Crippen LogP contribution >= 0.6 is 0 Å². The van der Waals surface area contributed by atoms with E-state index >= 15 is 0 Å². The van der Waals surface area contributed by atoms with E-state index in [1.165, 1.54) is 19.1 Å². The highest BCUT2D eigenvalue weighted by atomic mass is 19.1. The molecule has 0 unspecified atom stereocenters. The average Bonchev–Trinajstić information content (AvgIpc) is 2.42. The number of aromatic hydroxyl groups is 1. The topological polar surface area (TPSA) is 49.3 Å². The van der Waals surface area contributed by atoms with E-state index in [-0.39, 0.29) is 17.7 Å². The van der Waals surface area contributed by atoms with E-state index in [0.717, 1.165) is 6.07 Å². The Morgan fingerprint density at radius 2 is 1.90 bits per heavy atom. The highest BCUT2D eigenvalue weighted by Crippen LogP contribution is 2.22. The van der Waals surface area contributed by atoms with E-state index in [2.05, 4.69) is 5.32 Å². The van der Waals surface area contributed by atoms with Crippen molar-refractivity contribution >= 4 is 11.6 Å². The van der Waals surface area contributed by atoms with Gasteiger partial charge in [0.2, 0.25) is 5.91 Å². The van der Waals surface area contributed by atoms with Gasteiger partial charge in [0.15, 0.2) is 5.82 Å². The third kappa shape index (κ3) is 2.93. The molecule has 5 heteroatoms. The molecule has 2 N–H and O–H groups in total. The number of para-hydroxylation sites is 1. The molecule has 0 aromatic heterocycles. The van der Waals surface area contributed by atoms with E-state index < -0.39 is 23.2 Å². The van der Waals surface area contributed by atoms with Crippen molar-refractivity contribution < 1.29 is 18.7 Å². The molecule has 0 saturated heterocycles. The Bertz CT molecular complexity index is 656. The quantitative estimate of drug-likeness (QED) is 0.905. The summed E-state index contributed by atoms with van der Waals surface area (Å²) in [6.45, 7) is 1.48. The Kier molecular flexibility index (Phi) is 3.98. The van der Waals surface area contributed by atoms with Gasteiger partial charge in [-0.1, -0.05) is 24.3 Å². The third-order valence-electron chi connectivity index (χ3n) is 2.89. The van der Waals surface area contributed by atoms with Crippen LogP contribution in [-0.2, 0) is 11.2 Å². The second-order valence-corrected chi connectivity index (χ2v) is 4.41. The number of benzene rings is 2. The molecular weight excluding hydrogens is 264 g/mol. The zero-order valence-corrected chi connectivity index (χ0v) is 10.8. The van der Waals surface area contributed by atoms with Crippen LogP contribution in [0.15, 0.2) is 36.4 Å². The fourth-order valence-corrected chi connectivity index (χ4v) is 1.79. The molecule has 0 heterocycles. The minimum atomic E-state index is -0.835. The standard InChI is InChI=1S/C15H13F2NO2/c1-9-6-7-11(16)15(14(9)17)18-13(20)8-10-4-2-3-5-12(10)19/h2-7,19H,8H2,1H3,(H,18,20). The number of phenols is 1. The van der Waals surface area contributed by atoms with Gasteiger partial charge in [0.05, 0.1) is 6.42 Å². The molecule has 2 rings (SSSR count). The van der Waals surface area contributed by atoms with Gasteiger partial charge in [0, 0.05) is 5.56 Å². The van der Waals surface area contributed by atoms with Gasteiger partial charge in [-0.25, -0.2) is 8.78 Å². The lowest BCUT2D eigenvalue weighted by Crippen LogP contribution is -2.17. The van der Waals surface area contributed by atoms with Crippen LogP contribution in [0.25, 0.3) is 0 Å². The summed E-state index contributed by atoms with van der Waals surface area (Å²) in [5.41, 5.74) is 0.160. The van der Waals surface area contributed by atoms with Gasteiger partial charge in [0.1, 0.15) is 17.3 Å². The summed E-state index contributed by atoms with van der Waals surface area (Å²) in [6, 6.07) is 8.68. The van der Waals surface area contributed by atoms with Crippen LogP contribution < -0.4 is 5.32 Å². The number of nitrogens with one attached hydrogen (secondary N) is 1. The molecule has 2 aromatic rings. The fraction of sp³-hybridized carbons (Fsp3) is 0.133. The summed E-state index contributed by atoms with van der Waals surface area (Å²) in [5.74, 6) is -2.27. The van der Waals surface area contributed by atoms with Crippen molar-refractivity contribution in [2.75, 3.05) is 5.32 Å². The summed E-state index contributed by atoms with van der Waals surface area (Å²) in [5, 5.41) is 11.7. The third-order valence-corrected chi connectivity index (χ3v) is 2.89. The largest absolute Gasteiger partial charge is 0.508 e. The second kappa shape index (κ2) is 5.69. The van der Waals surface area contributed by atoms with Crippen LogP contribution in [0.2, 0.25) is 0 Å². The van der Waals surface area contributed by atoms with Crippen LogP contribution in [0.3, 0.4) is 0 Å². The molecular formula is C15H13F2NO2. The fourth-order valence-electron chi connectivity index (χ4n) is 1.79. The summed E-state index contributed by atoms with van der Waals surface area (Å²) in [7, 11) is 0. The molecule has 0 fully saturated rings. The molecule has 0 aliphatic carbocycles. The normalized spacial score (nSPS) is 10.3. The molecule has 20 heavy (non-hydrogen) atoms. The second-order valence-electron chi connectivity index (χ2n) is 4.41. The van der Waals surface area contributed by atoms with E-state index in [9.17, 15) is 18.7 Å². The number of aryl methyl sites for hydroxylation is 1. The number of amides is 1. The molecule has 2 aromatic carbocycles. The van der Waals surface area contributed by atoms with Crippen molar-refractivity contribution in [2.24, 2.45) is 0 Å². The SMILES string of the molecule is Cc1ccc(F)c(NC(=O)Cc2ccccc2O)c1F. The number of rotatable bonds is 3. The Hall–Kier alpha value is -2.43. The van der Waals surface area contributed by atoms with E-state index in [1.54, 1.807) is 18.2 Å². The molecule has 0 saturated carbocycles. The lowest BCUT2D eigenvalue weighted by Gasteiger charge is -2.10. The van der Waals surface area contributed by atoms with Crippen molar-refractivity contribution in [3.8, 4) is 5.75 Å². The highest BCUT2D eigenvalue weighted by Gasteiger charge is 2.15. The molecule has 3 nitrogen and oxygen atoms in total. The maximum atomic E-state index is 13.7. The van der Waals surface area contributed by atoms with E-state index in [4.69, 9.17) is 0 Å². The predicted molar refractivity (Wildman–Crippen MR) is 71.5 cm³/mol. The number of hydrogen-bond donors (Lipinski definition) is 2. The summed E-state index contributed by atoms with van der Waals surface area (Å²) in [6.07, 6.45) is -0.167. The Labute approximate surface area is 114 Å². The van der Waals surface area contributed by atoms with Gasteiger partial charge < -0.3 is 10.4 Å². The van der Waals surface area contributed by atoms with Gasteiger partial charge >= 0.3 is 0 Å². The summed E-state index contributed by atoms with van der Waals surface area (Å²) < 4.78 is 27.2. The summed E-state index contributed by atoms with van der Waals surface area (Å²) in [4.78, 5) is 11.8. The van der Waals surface area contributed by atoms with Crippen LogP contribution in [0.5, 0.6) is 5.75 Å². The summed E-state index contributed by atoms with van der Waals surface area (Å²) >= 11 is 0. The van der Waals surface area contributed by atoms with Crippen LogP contribution in [0, 0.1) is 18.6 Å². The van der Waals surface area contributed by atoms with Gasteiger partial charge in [-0.05, 0) is 24.6 Å².